The van der Waals surface area contributed by atoms with Crippen LogP contribution in [0.5, 0.6) is 0 Å². The molecule has 5 nitrogen and oxygen atoms in total. The van der Waals surface area contributed by atoms with Crippen molar-refractivity contribution < 1.29 is 14.3 Å². The largest absolute Gasteiger partial charge is 0.374 e. The maximum Gasteiger partial charge on any atom is 0.226 e. The molecule has 0 bridgehead atoms. The standard InChI is InChI=1S/C24H30N2O3/c1-18(27)25-23(20-10-4-2-5-11-20)16-24(28)26-21-12-8-9-19(15-21)17-29-22-13-6-3-7-14-22/h2,4-5,8-12,15,22-23H,3,6-7,13-14,16-17H2,1H3,(H,25,27)(H,26,28). The summed E-state index contributed by atoms with van der Waals surface area (Å²) in [5, 5.41) is 5.81. The van der Waals surface area contributed by atoms with Crippen LogP contribution in [-0.4, -0.2) is 17.9 Å². The molecule has 2 N–H and O–H groups in total. The van der Waals surface area contributed by atoms with Gasteiger partial charge < -0.3 is 15.4 Å². The van der Waals surface area contributed by atoms with E-state index in [4.69, 9.17) is 4.74 Å². The first-order chi connectivity index (χ1) is 14.1. The second-order valence-corrected chi connectivity index (χ2v) is 7.69. The van der Waals surface area contributed by atoms with Gasteiger partial charge in [-0.25, -0.2) is 0 Å². The van der Waals surface area contributed by atoms with Gasteiger partial charge in [-0.2, -0.15) is 0 Å². The third-order valence-electron chi connectivity index (χ3n) is 5.22. The van der Waals surface area contributed by atoms with Crippen molar-refractivity contribution in [1.82, 2.24) is 5.32 Å². The number of amides is 2. The maximum absolute atomic E-state index is 12.6. The first-order valence-electron chi connectivity index (χ1n) is 10.4. The number of hydrogen-bond acceptors (Lipinski definition) is 3. The molecule has 0 saturated heterocycles. The number of benzene rings is 2. The van der Waals surface area contributed by atoms with Gasteiger partial charge in [0, 0.05) is 12.6 Å². The molecule has 154 valence electrons. The summed E-state index contributed by atoms with van der Waals surface area (Å²) >= 11 is 0. The molecule has 29 heavy (non-hydrogen) atoms. The van der Waals surface area contributed by atoms with E-state index < -0.39 is 0 Å². The molecule has 2 amide bonds. The predicted molar refractivity (Wildman–Crippen MR) is 114 cm³/mol. The fourth-order valence-electron chi connectivity index (χ4n) is 3.77. The Labute approximate surface area is 172 Å². The number of ether oxygens (including phenoxy) is 1. The van der Waals surface area contributed by atoms with Crippen molar-refractivity contribution in [3.05, 3.63) is 65.7 Å². The predicted octanol–water partition coefficient (Wildman–Crippen LogP) is 4.74. The average molecular weight is 395 g/mol. The van der Waals surface area contributed by atoms with E-state index in [9.17, 15) is 9.59 Å². The smallest absolute Gasteiger partial charge is 0.226 e. The van der Waals surface area contributed by atoms with E-state index in [-0.39, 0.29) is 24.3 Å². The summed E-state index contributed by atoms with van der Waals surface area (Å²) in [5.41, 5.74) is 2.71. The average Bonchev–Trinajstić information content (AvgIpc) is 2.73. The van der Waals surface area contributed by atoms with Crippen LogP contribution < -0.4 is 10.6 Å². The van der Waals surface area contributed by atoms with Crippen molar-refractivity contribution in [2.75, 3.05) is 5.32 Å². The van der Waals surface area contributed by atoms with Gasteiger partial charge in [0.05, 0.1) is 25.2 Å². The van der Waals surface area contributed by atoms with Crippen molar-refractivity contribution in [2.24, 2.45) is 0 Å². The molecule has 5 heteroatoms. The van der Waals surface area contributed by atoms with Gasteiger partial charge in [-0.05, 0) is 36.1 Å². The molecule has 0 aliphatic heterocycles. The van der Waals surface area contributed by atoms with E-state index in [2.05, 4.69) is 10.6 Å². The van der Waals surface area contributed by atoms with E-state index in [1.165, 1.54) is 26.2 Å². The molecule has 1 fully saturated rings. The normalized spacial score (nSPS) is 15.5. The first kappa shape index (κ1) is 21.1. The van der Waals surface area contributed by atoms with Gasteiger partial charge in [-0.3, -0.25) is 9.59 Å². The Kier molecular flexibility index (Phi) is 7.82. The van der Waals surface area contributed by atoms with Crippen molar-refractivity contribution >= 4 is 17.5 Å². The molecule has 0 aromatic heterocycles. The van der Waals surface area contributed by atoms with Crippen LogP contribution in [-0.2, 0) is 20.9 Å². The lowest BCUT2D eigenvalue weighted by Gasteiger charge is -2.22. The molecule has 0 heterocycles. The zero-order chi connectivity index (χ0) is 20.5. The van der Waals surface area contributed by atoms with Crippen molar-refractivity contribution in [2.45, 2.75) is 64.2 Å². The topological polar surface area (TPSA) is 67.4 Å². The van der Waals surface area contributed by atoms with E-state index in [1.54, 1.807) is 0 Å². The minimum Gasteiger partial charge on any atom is -0.374 e. The number of anilines is 1. The van der Waals surface area contributed by atoms with Crippen molar-refractivity contribution in [3.63, 3.8) is 0 Å². The number of carbonyl (C=O) groups excluding carboxylic acids is 2. The monoisotopic (exact) mass is 394 g/mol. The highest BCUT2D eigenvalue weighted by Gasteiger charge is 2.17. The van der Waals surface area contributed by atoms with E-state index in [0.717, 1.165) is 29.7 Å². The van der Waals surface area contributed by atoms with Crippen LogP contribution in [0.25, 0.3) is 0 Å². The molecular weight excluding hydrogens is 364 g/mol. The zero-order valence-electron chi connectivity index (χ0n) is 17.0. The molecule has 1 aliphatic rings. The highest BCUT2D eigenvalue weighted by molar-refractivity contribution is 5.91. The first-order valence-corrected chi connectivity index (χ1v) is 10.4. The summed E-state index contributed by atoms with van der Waals surface area (Å²) in [6.07, 6.45) is 6.61. The van der Waals surface area contributed by atoms with Gasteiger partial charge in [0.25, 0.3) is 0 Å². The lowest BCUT2D eigenvalue weighted by molar-refractivity contribution is -0.120. The Bertz CT molecular complexity index is 801. The van der Waals surface area contributed by atoms with Gasteiger partial charge >= 0.3 is 0 Å². The fraction of sp³-hybridized carbons (Fsp3) is 0.417. The van der Waals surface area contributed by atoms with E-state index in [0.29, 0.717) is 12.7 Å². The van der Waals surface area contributed by atoms with Crippen molar-refractivity contribution in [3.8, 4) is 0 Å². The van der Waals surface area contributed by atoms with Gasteiger partial charge in [-0.1, -0.05) is 61.7 Å². The van der Waals surface area contributed by atoms with Crippen molar-refractivity contribution in [1.29, 1.82) is 0 Å². The quantitative estimate of drug-likeness (QED) is 0.679. The van der Waals surface area contributed by atoms with Crippen LogP contribution in [0, 0.1) is 0 Å². The molecule has 1 atom stereocenters. The minimum atomic E-state index is -0.355. The summed E-state index contributed by atoms with van der Waals surface area (Å²) in [4.78, 5) is 24.2. The molecule has 0 spiro atoms. The lowest BCUT2D eigenvalue weighted by atomic mass is 9.98. The molecule has 3 rings (SSSR count). The van der Waals surface area contributed by atoms with Crippen LogP contribution in [0.4, 0.5) is 5.69 Å². The molecule has 2 aromatic rings. The van der Waals surface area contributed by atoms with Crippen LogP contribution in [0.15, 0.2) is 54.6 Å². The molecule has 1 unspecified atom stereocenters. The Hall–Kier alpha value is -2.66. The molecule has 0 radical (unpaired) electrons. The molecule has 1 saturated carbocycles. The number of rotatable bonds is 8. The molecular formula is C24H30N2O3. The SMILES string of the molecule is CC(=O)NC(CC(=O)Nc1cccc(COC2CCCCC2)c1)c1ccccc1. The van der Waals surface area contributed by atoms with Gasteiger partial charge in [0.2, 0.25) is 11.8 Å². The van der Waals surface area contributed by atoms with Gasteiger partial charge in [0.15, 0.2) is 0 Å². The number of nitrogens with one attached hydrogen (secondary N) is 2. The van der Waals surface area contributed by atoms with Crippen LogP contribution in [0.2, 0.25) is 0 Å². The van der Waals surface area contributed by atoms with Crippen LogP contribution >= 0.6 is 0 Å². The summed E-state index contributed by atoms with van der Waals surface area (Å²) < 4.78 is 6.03. The molecule has 2 aromatic carbocycles. The summed E-state index contributed by atoms with van der Waals surface area (Å²) in [5.74, 6) is -0.300. The summed E-state index contributed by atoms with van der Waals surface area (Å²) in [7, 11) is 0. The minimum absolute atomic E-state index is 0.141. The highest BCUT2D eigenvalue weighted by atomic mass is 16.5. The Morgan fingerprint density at radius 2 is 1.79 bits per heavy atom. The Morgan fingerprint density at radius 3 is 2.52 bits per heavy atom. The third-order valence-corrected chi connectivity index (χ3v) is 5.22. The maximum atomic E-state index is 12.6. The lowest BCUT2D eigenvalue weighted by Crippen LogP contribution is -2.29. The van der Waals surface area contributed by atoms with Gasteiger partial charge in [0.1, 0.15) is 0 Å². The summed E-state index contributed by atoms with van der Waals surface area (Å²) in [6.45, 7) is 2.02. The van der Waals surface area contributed by atoms with E-state index in [1.807, 2.05) is 54.6 Å². The van der Waals surface area contributed by atoms with Crippen LogP contribution in [0.1, 0.15) is 62.6 Å². The Morgan fingerprint density at radius 1 is 1.03 bits per heavy atom. The fourth-order valence-corrected chi connectivity index (χ4v) is 3.77. The van der Waals surface area contributed by atoms with E-state index >= 15 is 0 Å². The zero-order valence-corrected chi connectivity index (χ0v) is 17.0. The molecule has 1 aliphatic carbocycles. The summed E-state index contributed by atoms with van der Waals surface area (Å²) in [6, 6.07) is 17.0. The second-order valence-electron chi connectivity index (χ2n) is 7.69. The van der Waals surface area contributed by atoms with Crippen LogP contribution in [0.3, 0.4) is 0 Å². The second kappa shape index (κ2) is 10.8. The van der Waals surface area contributed by atoms with Gasteiger partial charge in [-0.15, -0.1) is 0 Å². The number of carbonyl (C=O) groups is 2. The third kappa shape index (κ3) is 7.02. The number of hydrogen-bond donors (Lipinski definition) is 2. The Balaban J connectivity index is 1.56. The highest BCUT2D eigenvalue weighted by Crippen LogP contribution is 2.22.